The highest BCUT2D eigenvalue weighted by Gasteiger charge is 2.19. The number of hydrogen-bond donors (Lipinski definition) is 1. The highest BCUT2D eigenvalue weighted by Crippen LogP contribution is 2.23. The van der Waals surface area contributed by atoms with Crippen molar-refractivity contribution < 1.29 is 14.3 Å². The van der Waals surface area contributed by atoms with Crippen LogP contribution < -0.4 is 15.0 Å². The zero-order valence-corrected chi connectivity index (χ0v) is 14.8. The molecule has 1 aromatic heterocycles. The van der Waals surface area contributed by atoms with Crippen LogP contribution in [-0.2, 0) is 11.8 Å². The number of aryl methyl sites for hydroxylation is 1. The van der Waals surface area contributed by atoms with Crippen LogP contribution in [-0.4, -0.2) is 35.8 Å². The lowest BCUT2D eigenvalue weighted by Crippen LogP contribution is -2.27. The van der Waals surface area contributed by atoms with E-state index in [0.717, 1.165) is 0 Å². The van der Waals surface area contributed by atoms with Crippen molar-refractivity contribution in [3.05, 3.63) is 54.4 Å². The first kappa shape index (κ1) is 18.3. The number of ether oxygens (including phenoxy) is 1. The van der Waals surface area contributed by atoms with E-state index in [1.165, 1.54) is 11.0 Å². The van der Waals surface area contributed by atoms with Gasteiger partial charge < -0.3 is 15.0 Å². The second-order valence-corrected chi connectivity index (χ2v) is 5.60. The monoisotopic (exact) mass is 342 g/mol. The highest BCUT2D eigenvalue weighted by molar-refractivity contribution is 6.01. The summed E-state index contributed by atoms with van der Waals surface area (Å²) >= 11 is 0. The smallest absolute Gasteiger partial charge is 0.251 e. The van der Waals surface area contributed by atoms with Gasteiger partial charge in [-0.05, 0) is 37.3 Å². The molecule has 0 saturated heterocycles. The molecule has 1 aromatic carbocycles. The number of nitrogens with zero attached hydrogens (tertiary/aromatic N) is 3. The molecular weight excluding hydrogens is 320 g/mol. The molecule has 7 nitrogen and oxygen atoms in total. The molecule has 7 heteroatoms. The molecule has 0 aliphatic carbocycles. The fourth-order valence-corrected chi connectivity index (χ4v) is 2.39. The number of nitrogens with one attached hydrogen (secondary N) is 1. The summed E-state index contributed by atoms with van der Waals surface area (Å²) in [6.45, 7) is 5.30. The third-order valence-corrected chi connectivity index (χ3v) is 3.82. The number of hydrogen-bond acceptors (Lipinski definition) is 4. The lowest BCUT2D eigenvalue weighted by molar-refractivity contribution is -0.113. The molecule has 0 radical (unpaired) electrons. The molecular formula is C18H22N4O3. The lowest BCUT2D eigenvalue weighted by atomic mass is 10.1. The number of carbonyl (C=O) groups excluding carboxylic acids is 2. The Morgan fingerprint density at radius 2 is 2.00 bits per heavy atom. The molecule has 1 heterocycles. The summed E-state index contributed by atoms with van der Waals surface area (Å²) in [7, 11) is 5.00. The summed E-state index contributed by atoms with van der Waals surface area (Å²) in [5, 5.41) is 7.21. The van der Waals surface area contributed by atoms with E-state index >= 15 is 0 Å². The maximum atomic E-state index is 12.4. The van der Waals surface area contributed by atoms with Crippen molar-refractivity contribution in [2.75, 3.05) is 19.1 Å². The van der Waals surface area contributed by atoms with E-state index < -0.39 is 0 Å². The van der Waals surface area contributed by atoms with E-state index in [1.54, 1.807) is 56.3 Å². The van der Waals surface area contributed by atoms with Crippen LogP contribution in [0.4, 0.5) is 5.69 Å². The van der Waals surface area contributed by atoms with Crippen molar-refractivity contribution >= 4 is 17.5 Å². The van der Waals surface area contributed by atoms with E-state index in [4.69, 9.17) is 4.74 Å². The van der Waals surface area contributed by atoms with Crippen LogP contribution in [0.25, 0.3) is 0 Å². The fourth-order valence-electron chi connectivity index (χ4n) is 2.39. The van der Waals surface area contributed by atoms with Gasteiger partial charge in [0, 0.05) is 25.3 Å². The van der Waals surface area contributed by atoms with Gasteiger partial charge in [-0.25, -0.2) is 0 Å². The Bertz CT molecular complexity index is 780. The number of aromatic nitrogens is 2. The minimum absolute atomic E-state index is 0.215. The van der Waals surface area contributed by atoms with Crippen LogP contribution >= 0.6 is 0 Å². The maximum Gasteiger partial charge on any atom is 0.251 e. The van der Waals surface area contributed by atoms with E-state index in [0.29, 0.717) is 22.7 Å². The van der Waals surface area contributed by atoms with E-state index in [2.05, 4.69) is 17.0 Å². The van der Waals surface area contributed by atoms with Gasteiger partial charge in [0.25, 0.3) is 5.91 Å². The van der Waals surface area contributed by atoms with Gasteiger partial charge in [0.15, 0.2) is 5.75 Å². The van der Waals surface area contributed by atoms with Gasteiger partial charge in [0.2, 0.25) is 5.91 Å². The molecule has 0 aliphatic heterocycles. The Hall–Kier alpha value is -3.09. The van der Waals surface area contributed by atoms with Crippen molar-refractivity contribution in [2.24, 2.45) is 7.05 Å². The van der Waals surface area contributed by atoms with Crippen molar-refractivity contribution in [3.8, 4) is 5.75 Å². The Morgan fingerprint density at radius 3 is 2.56 bits per heavy atom. The SMILES string of the molecule is C=CC(=O)N(C)c1ccc(C(=O)NC(C)c2nn(C)cc2OC)cc1. The number of benzene rings is 1. The van der Waals surface area contributed by atoms with E-state index in [9.17, 15) is 9.59 Å². The summed E-state index contributed by atoms with van der Waals surface area (Å²) < 4.78 is 6.91. The van der Waals surface area contributed by atoms with Gasteiger partial charge in [0.05, 0.1) is 19.3 Å². The van der Waals surface area contributed by atoms with E-state index in [-0.39, 0.29) is 17.9 Å². The summed E-state index contributed by atoms with van der Waals surface area (Å²) in [6.07, 6.45) is 2.99. The summed E-state index contributed by atoms with van der Waals surface area (Å²) in [5.74, 6) is 0.174. The van der Waals surface area contributed by atoms with E-state index in [1.807, 2.05) is 6.92 Å². The molecule has 25 heavy (non-hydrogen) atoms. The molecule has 0 spiro atoms. The molecule has 1 atom stereocenters. The first-order valence-corrected chi connectivity index (χ1v) is 7.76. The third-order valence-electron chi connectivity index (χ3n) is 3.82. The van der Waals surface area contributed by atoms with Gasteiger partial charge in [-0.3, -0.25) is 14.3 Å². The third kappa shape index (κ3) is 4.06. The zero-order chi connectivity index (χ0) is 18.6. The van der Waals surface area contributed by atoms with Crippen molar-refractivity contribution in [1.82, 2.24) is 15.1 Å². The average Bonchev–Trinajstić information content (AvgIpc) is 3.01. The number of rotatable bonds is 6. The van der Waals surface area contributed by atoms with Crippen molar-refractivity contribution in [1.29, 1.82) is 0 Å². The first-order valence-electron chi connectivity index (χ1n) is 7.76. The summed E-state index contributed by atoms with van der Waals surface area (Å²) in [5.41, 5.74) is 1.83. The van der Waals surface area contributed by atoms with Gasteiger partial charge in [0.1, 0.15) is 5.69 Å². The van der Waals surface area contributed by atoms with Gasteiger partial charge >= 0.3 is 0 Å². The molecule has 132 valence electrons. The molecule has 0 saturated carbocycles. The van der Waals surface area contributed by atoms with Crippen LogP contribution in [0.15, 0.2) is 43.1 Å². The highest BCUT2D eigenvalue weighted by atomic mass is 16.5. The molecule has 2 amide bonds. The van der Waals surface area contributed by atoms with Crippen molar-refractivity contribution in [2.45, 2.75) is 13.0 Å². The van der Waals surface area contributed by atoms with Gasteiger partial charge in [-0.15, -0.1) is 0 Å². The first-order chi connectivity index (χ1) is 11.9. The topological polar surface area (TPSA) is 76.5 Å². The number of anilines is 1. The predicted molar refractivity (Wildman–Crippen MR) is 95.7 cm³/mol. The van der Waals surface area contributed by atoms with Crippen LogP contribution in [0.5, 0.6) is 5.75 Å². The Balaban J connectivity index is 2.10. The van der Waals surface area contributed by atoms with Crippen LogP contribution in [0.2, 0.25) is 0 Å². The molecule has 0 aliphatic rings. The Labute approximate surface area is 146 Å². The normalized spacial score (nSPS) is 11.5. The quantitative estimate of drug-likeness (QED) is 0.816. The van der Waals surface area contributed by atoms with Gasteiger partial charge in [-0.2, -0.15) is 5.10 Å². The average molecular weight is 342 g/mol. The standard InChI is InChI=1S/C18H22N4O3/c1-6-16(23)22(4)14-9-7-13(8-10-14)18(24)19-12(2)17-15(25-5)11-21(3)20-17/h6-12H,1H2,2-5H3,(H,19,24). The minimum atomic E-state index is -0.312. The number of methoxy groups -OCH3 is 1. The molecule has 0 fully saturated rings. The molecule has 1 N–H and O–H groups in total. The zero-order valence-electron chi connectivity index (χ0n) is 14.8. The minimum Gasteiger partial charge on any atom is -0.493 e. The fraction of sp³-hybridized carbons (Fsp3) is 0.278. The second kappa shape index (κ2) is 7.65. The van der Waals surface area contributed by atoms with Crippen molar-refractivity contribution in [3.63, 3.8) is 0 Å². The summed E-state index contributed by atoms with van der Waals surface area (Å²) in [6, 6.07) is 6.44. The maximum absolute atomic E-state index is 12.4. The van der Waals surface area contributed by atoms with Crippen LogP contribution in [0, 0.1) is 0 Å². The number of likely N-dealkylation sites (N-methyl/N-ethyl adjacent to an activating group) is 1. The van der Waals surface area contributed by atoms with Crippen LogP contribution in [0.1, 0.15) is 29.0 Å². The number of amides is 2. The number of carbonyl (C=O) groups is 2. The largest absolute Gasteiger partial charge is 0.493 e. The van der Waals surface area contributed by atoms with Gasteiger partial charge in [-0.1, -0.05) is 6.58 Å². The molecule has 2 aromatic rings. The second-order valence-electron chi connectivity index (χ2n) is 5.60. The predicted octanol–water partition coefficient (Wildman–Crippen LogP) is 2.07. The summed E-state index contributed by atoms with van der Waals surface area (Å²) in [4.78, 5) is 25.5. The Kier molecular flexibility index (Phi) is 5.59. The molecule has 1 unspecified atom stereocenters. The Morgan fingerprint density at radius 1 is 1.36 bits per heavy atom. The lowest BCUT2D eigenvalue weighted by Gasteiger charge is -2.16. The molecule has 0 bridgehead atoms. The molecule has 2 rings (SSSR count). The van der Waals surface area contributed by atoms with Crippen LogP contribution in [0.3, 0.4) is 0 Å².